The molecule has 0 unspecified atom stereocenters. The van der Waals surface area contributed by atoms with Crippen molar-refractivity contribution < 1.29 is 28.9 Å². The van der Waals surface area contributed by atoms with Gasteiger partial charge in [0.2, 0.25) is 0 Å². The summed E-state index contributed by atoms with van der Waals surface area (Å²) in [7, 11) is 1.34. The summed E-state index contributed by atoms with van der Waals surface area (Å²) < 4.78 is 16.1. The molecule has 1 aromatic carbocycles. The molecule has 0 atom stereocenters. The second-order valence-corrected chi connectivity index (χ2v) is 4.22. The lowest BCUT2D eigenvalue weighted by Gasteiger charge is -2.21. The molecule has 7 heteroatoms. The first-order valence-electron chi connectivity index (χ1n) is 5.00. The average Bonchev–Trinajstić information content (AvgIpc) is 2.37. The fourth-order valence-corrected chi connectivity index (χ4v) is 2.30. The van der Waals surface area contributed by atoms with Crippen LogP contribution >= 0.6 is 15.9 Å². The summed E-state index contributed by atoms with van der Waals surface area (Å²) in [6, 6.07) is 1.31. The van der Waals surface area contributed by atoms with E-state index < -0.39 is 11.8 Å². The quantitative estimate of drug-likeness (QED) is 0.672. The summed E-state index contributed by atoms with van der Waals surface area (Å²) in [4.78, 5) is 22.3. The topological polar surface area (TPSA) is 82.1 Å². The fourth-order valence-electron chi connectivity index (χ4n) is 1.61. The van der Waals surface area contributed by atoms with E-state index in [1.807, 2.05) is 0 Å². The SMILES string of the molecule is COc1c(C(=O)C(=O)O)cc2c(c1Br)OCCO2. The normalized spacial score (nSPS) is 13.0. The third-order valence-corrected chi connectivity index (χ3v) is 3.09. The third kappa shape index (κ3) is 2.01. The number of Topliss-reactive ketones (excluding diaryl/α,β-unsaturated/α-hetero) is 1. The number of carboxylic acid groups (broad SMARTS) is 1. The Kier molecular flexibility index (Phi) is 3.42. The Hall–Kier alpha value is -1.76. The van der Waals surface area contributed by atoms with E-state index in [4.69, 9.17) is 19.3 Å². The molecule has 1 heterocycles. The van der Waals surface area contributed by atoms with Crippen molar-refractivity contribution in [2.75, 3.05) is 20.3 Å². The summed E-state index contributed by atoms with van der Waals surface area (Å²) >= 11 is 3.22. The van der Waals surface area contributed by atoms with E-state index in [1.165, 1.54) is 13.2 Å². The standard InChI is InChI=1S/C11H9BrO6/c1-16-9-5(8(13)11(14)15)4-6-10(7(9)12)18-3-2-17-6/h4H,2-3H2,1H3,(H,14,15). The molecule has 0 fully saturated rings. The number of carbonyl (C=O) groups is 2. The Morgan fingerprint density at radius 2 is 2.06 bits per heavy atom. The fraction of sp³-hybridized carbons (Fsp3) is 0.273. The van der Waals surface area contributed by atoms with E-state index in [0.29, 0.717) is 29.2 Å². The minimum Gasteiger partial charge on any atom is -0.495 e. The van der Waals surface area contributed by atoms with Crippen LogP contribution in [0.25, 0.3) is 0 Å². The summed E-state index contributed by atoms with van der Waals surface area (Å²) in [6.45, 7) is 0.716. The number of carboxylic acids is 1. The van der Waals surface area contributed by atoms with Gasteiger partial charge < -0.3 is 19.3 Å². The van der Waals surface area contributed by atoms with Crippen LogP contribution in [0, 0.1) is 0 Å². The van der Waals surface area contributed by atoms with Crippen molar-refractivity contribution in [2.45, 2.75) is 0 Å². The predicted octanol–water partition coefficient (Wildman–Crippen LogP) is 1.50. The second-order valence-electron chi connectivity index (χ2n) is 3.43. The van der Waals surface area contributed by atoms with E-state index in [9.17, 15) is 9.59 Å². The molecule has 6 nitrogen and oxygen atoms in total. The predicted molar refractivity (Wildman–Crippen MR) is 63.7 cm³/mol. The highest BCUT2D eigenvalue weighted by atomic mass is 79.9. The smallest absolute Gasteiger partial charge is 0.377 e. The van der Waals surface area contributed by atoms with E-state index in [2.05, 4.69) is 15.9 Å². The lowest BCUT2D eigenvalue weighted by atomic mass is 10.1. The lowest BCUT2D eigenvalue weighted by molar-refractivity contribution is -0.131. The van der Waals surface area contributed by atoms with Gasteiger partial charge in [0.25, 0.3) is 5.78 Å². The summed E-state index contributed by atoms with van der Waals surface area (Å²) in [5.74, 6) is -1.79. The Bertz CT molecular complexity index is 525. The van der Waals surface area contributed by atoms with Gasteiger partial charge in [-0.2, -0.15) is 0 Å². The number of rotatable bonds is 3. The van der Waals surface area contributed by atoms with E-state index in [0.717, 1.165) is 0 Å². The van der Waals surface area contributed by atoms with Gasteiger partial charge in [0.05, 0.1) is 12.7 Å². The van der Waals surface area contributed by atoms with Crippen LogP contribution < -0.4 is 14.2 Å². The minimum atomic E-state index is -1.56. The first-order valence-corrected chi connectivity index (χ1v) is 5.79. The molecule has 1 N–H and O–H groups in total. The van der Waals surface area contributed by atoms with Gasteiger partial charge in [-0.1, -0.05) is 0 Å². The minimum absolute atomic E-state index is 0.0823. The molecular weight excluding hydrogens is 308 g/mol. The van der Waals surface area contributed by atoms with Crippen LogP contribution in [-0.4, -0.2) is 37.2 Å². The Balaban J connectivity index is 2.62. The summed E-state index contributed by atoms with van der Waals surface area (Å²) in [5.41, 5.74) is -0.0823. The molecule has 0 saturated carbocycles. The lowest BCUT2D eigenvalue weighted by Crippen LogP contribution is -2.19. The van der Waals surface area contributed by atoms with Crippen molar-refractivity contribution in [1.29, 1.82) is 0 Å². The van der Waals surface area contributed by atoms with E-state index in [-0.39, 0.29) is 11.3 Å². The summed E-state index contributed by atoms with van der Waals surface area (Å²) in [5, 5.41) is 8.76. The van der Waals surface area contributed by atoms with E-state index >= 15 is 0 Å². The Morgan fingerprint density at radius 1 is 1.39 bits per heavy atom. The van der Waals surface area contributed by atoms with Crippen LogP contribution in [0.4, 0.5) is 0 Å². The molecule has 1 aliphatic heterocycles. The summed E-state index contributed by atoms with van der Waals surface area (Å²) in [6.07, 6.45) is 0. The van der Waals surface area contributed by atoms with Gasteiger partial charge in [0.1, 0.15) is 23.4 Å². The number of hydrogen-bond acceptors (Lipinski definition) is 5. The highest BCUT2D eigenvalue weighted by Gasteiger charge is 2.28. The zero-order chi connectivity index (χ0) is 13.3. The largest absolute Gasteiger partial charge is 0.495 e. The Morgan fingerprint density at radius 3 is 2.67 bits per heavy atom. The van der Waals surface area contributed by atoms with Crippen LogP contribution in [0.3, 0.4) is 0 Å². The number of benzene rings is 1. The first-order chi connectivity index (χ1) is 8.56. The van der Waals surface area contributed by atoms with Crippen LogP contribution in [0.5, 0.6) is 17.2 Å². The van der Waals surface area contributed by atoms with Gasteiger partial charge >= 0.3 is 5.97 Å². The highest BCUT2D eigenvalue weighted by Crippen LogP contribution is 2.45. The number of ketones is 1. The number of hydrogen-bond donors (Lipinski definition) is 1. The Labute approximate surface area is 111 Å². The van der Waals surface area contributed by atoms with Crippen molar-refractivity contribution in [2.24, 2.45) is 0 Å². The molecule has 0 aromatic heterocycles. The first kappa shape index (κ1) is 12.7. The van der Waals surface area contributed by atoms with Crippen molar-refractivity contribution in [3.63, 3.8) is 0 Å². The maximum atomic E-state index is 11.6. The second kappa shape index (κ2) is 4.85. The molecule has 2 rings (SSSR count). The van der Waals surface area contributed by atoms with Crippen LogP contribution in [-0.2, 0) is 4.79 Å². The molecule has 1 aliphatic rings. The maximum Gasteiger partial charge on any atom is 0.377 e. The molecule has 18 heavy (non-hydrogen) atoms. The van der Waals surface area contributed by atoms with Crippen LogP contribution in [0.1, 0.15) is 10.4 Å². The van der Waals surface area contributed by atoms with Crippen LogP contribution in [0.2, 0.25) is 0 Å². The number of halogens is 1. The molecule has 0 aliphatic carbocycles. The average molecular weight is 317 g/mol. The van der Waals surface area contributed by atoms with E-state index in [1.54, 1.807) is 0 Å². The van der Waals surface area contributed by atoms with Gasteiger partial charge in [0, 0.05) is 0 Å². The number of ether oxygens (including phenoxy) is 3. The maximum absolute atomic E-state index is 11.6. The monoisotopic (exact) mass is 316 g/mol. The van der Waals surface area contributed by atoms with Gasteiger partial charge in [-0.15, -0.1) is 0 Å². The molecule has 0 saturated heterocycles. The molecule has 0 amide bonds. The zero-order valence-corrected chi connectivity index (χ0v) is 10.9. The zero-order valence-electron chi connectivity index (χ0n) is 9.36. The molecule has 0 bridgehead atoms. The number of fused-ring (bicyclic) bond motifs is 1. The molecular formula is C11H9BrO6. The van der Waals surface area contributed by atoms with Gasteiger partial charge in [-0.05, 0) is 22.0 Å². The third-order valence-electron chi connectivity index (χ3n) is 2.37. The number of carbonyl (C=O) groups excluding carboxylic acids is 1. The number of methoxy groups -OCH3 is 1. The number of aliphatic carboxylic acids is 1. The van der Waals surface area contributed by atoms with Gasteiger partial charge in [-0.25, -0.2) is 4.79 Å². The van der Waals surface area contributed by atoms with Crippen LogP contribution in [0.15, 0.2) is 10.5 Å². The van der Waals surface area contributed by atoms with Crippen molar-refractivity contribution in [3.05, 3.63) is 16.1 Å². The highest BCUT2D eigenvalue weighted by molar-refractivity contribution is 9.10. The van der Waals surface area contributed by atoms with Crippen molar-refractivity contribution in [1.82, 2.24) is 0 Å². The molecule has 0 spiro atoms. The molecule has 1 aromatic rings. The molecule has 96 valence electrons. The van der Waals surface area contributed by atoms with Crippen molar-refractivity contribution in [3.8, 4) is 17.2 Å². The van der Waals surface area contributed by atoms with Gasteiger partial charge in [-0.3, -0.25) is 4.79 Å². The molecule has 0 radical (unpaired) electrons. The van der Waals surface area contributed by atoms with Gasteiger partial charge in [0.15, 0.2) is 11.5 Å². The van der Waals surface area contributed by atoms with Crippen molar-refractivity contribution >= 4 is 27.7 Å².